The van der Waals surface area contributed by atoms with Gasteiger partial charge in [-0.05, 0) is 19.3 Å². The lowest BCUT2D eigenvalue weighted by molar-refractivity contribution is -0.127. The smallest absolute Gasteiger partial charge is 0.263 e. The average molecular weight is 308 g/mol. The SMILES string of the molecule is COCCCN/C=C(/C#N)C(=O)NCCCN1CCCC1=O. The summed E-state index contributed by atoms with van der Waals surface area (Å²) in [5.41, 5.74) is 0.0506. The van der Waals surface area contributed by atoms with Crippen LogP contribution in [-0.4, -0.2) is 56.6 Å². The highest BCUT2D eigenvalue weighted by molar-refractivity contribution is 5.97. The number of hydrogen-bond donors (Lipinski definition) is 2. The van der Waals surface area contributed by atoms with E-state index in [4.69, 9.17) is 10.00 Å². The van der Waals surface area contributed by atoms with Crippen LogP contribution in [0.4, 0.5) is 0 Å². The van der Waals surface area contributed by atoms with Gasteiger partial charge in [-0.1, -0.05) is 0 Å². The van der Waals surface area contributed by atoms with Gasteiger partial charge >= 0.3 is 0 Å². The van der Waals surface area contributed by atoms with Crippen molar-refractivity contribution in [1.29, 1.82) is 5.26 Å². The van der Waals surface area contributed by atoms with E-state index in [9.17, 15) is 9.59 Å². The number of nitrogens with one attached hydrogen (secondary N) is 2. The van der Waals surface area contributed by atoms with Crippen LogP contribution in [0.1, 0.15) is 25.7 Å². The van der Waals surface area contributed by atoms with E-state index in [1.54, 1.807) is 7.11 Å². The summed E-state index contributed by atoms with van der Waals surface area (Å²) in [6, 6.07) is 1.87. The summed E-state index contributed by atoms with van der Waals surface area (Å²) in [7, 11) is 1.62. The van der Waals surface area contributed by atoms with Gasteiger partial charge in [0, 0.05) is 52.5 Å². The standard InChI is InChI=1S/C15H24N4O3/c1-22-10-4-6-17-12-13(11-16)15(21)18-7-3-9-19-8-2-5-14(19)20/h12,17H,2-10H2,1H3,(H,18,21)/b13-12-. The molecule has 1 rings (SSSR count). The van der Waals surface area contributed by atoms with E-state index in [1.807, 2.05) is 11.0 Å². The second-order valence-corrected chi connectivity index (χ2v) is 5.06. The van der Waals surface area contributed by atoms with E-state index in [0.29, 0.717) is 39.1 Å². The van der Waals surface area contributed by atoms with Crippen LogP contribution < -0.4 is 10.6 Å². The minimum absolute atomic E-state index is 0.0506. The number of hydrogen-bond acceptors (Lipinski definition) is 5. The van der Waals surface area contributed by atoms with Crippen molar-refractivity contribution in [3.8, 4) is 6.07 Å². The molecule has 0 spiro atoms. The summed E-state index contributed by atoms with van der Waals surface area (Å²) < 4.78 is 4.90. The molecule has 0 aromatic carbocycles. The van der Waals surface area contributed by atoms with Gasteiger partial charge in [0.2, 0.25) is 5.91 Å². The molecule has 0 radical (unpaired) electrons. The minimum Gasteiger partial charge on any atom is -0.390 e. The lowest BCUT2D eigenvalue weighted by atomic mass is 10.3. The molecule has 2 amide bonds. The van der Waals surface area contributed by atoms with Crippen molar-refractivity contribution < 1.29 is 14.3 Å². The molecule has 1 heterocycles. The largest absolute Gasteiger partial charge is 0.390 e. The van der Waals surface area contributed by atoms with E-state index in [-0.39, 0.29) is 11.5 Å². The third-order valence-electron chi connectivity index (χ3n) is 3.34. The van der Waals surface area contributed by atoms with E-state index < -0.39 is 5.91 Å². The van der Waals surface area contributed by atoms with Crippen molar-refractivity contribution in [2.24, 2.45) is 0 Å². The fraction of sp³-hybridized carbons (Fsp3) is 0.667. The molecule has 0 bridgehead atoms. The molecule has 0 aromatic heterocycles. The number of nitriles is 1. The number of carbonyl (C=O) groups is 2. The molecule has 0 saturated carbocycles. The monoisotopic (exact) mass is 308 g/mol. The molecule has 122 valence electrons. The molecule has 1 aliphatic heterocycles. The maximum Gasteiger partial charge on any atom is 0.263 e. The number of methoxy groups -OCH3 is 1. The van der Waals surface area contributed by atoms with E-state index in [0.717, 1.165) is 19.4 Å². The quantitative estimate of drug-likeness (QED) is 0.340. The molecular formula is C15H24N4O3. The predicted octanol–water partition coefficient (Wildman–Crippen LogP) is 0.149. The van der Waals surface area contributed by atoms with Crippen LogP contribution in [0.25, 0.3) is 0 Å². The first-order chi connectivity index (χ1) is 10.7. The van der Waals surface area contributed by atoms with Crippen LogP contribution in [0.2, 0.25) is 0 Å². The first kappa shape index (κ1) is 18.0. The van der Waals surface area contributed by atoms with Gasteiger partial charge < -0.3 is 20.3 Å². The number of nitrogens with zero attached hydrogens (tertiary/aromatic N) is 2. The molecular weight excluding hydrogens is 284 g/mol. The Kier molecular flexibility index (Phi) is 8.69. The van der Waals surface area contributed by atoms with Crippen LogP contribution in [0.3, 0.4) is 0 Å². The number of carbonyl (C=O) groups excluding carboxylic acids is 2. The van der Waals surface area contributed by atoms with Gasteiger partial charge in [-0.2, -0.15) is 5.26 Å². The van der Waals surface area contributed by atoms with Crippen molar-refractivity contribution in [2.45, 2.75) is 25.7 Å². The Hall–Kier alpha value is -2.07. The second kappa shape index (κ2) is 10.6. The van der Waals surface area contributed by atoms with Crippen LogP contribution in [0, 0.1) is 11.3 Å². The van der Waals surface area contributed by atoms with Crippen molar-refractivity contribution in [3.05, 3.63) is 11.8 Å². The number of likely N-dealkylation sites (tertiary alicyclic amines) is 1. The number of amides is 2. The Balaban J connectivity index is 2.19. The fourth-order valence-electron chi connectivity index (χ4n) is 2.15. The molecule has 0 aliphatic carbocycles. The maximum atomic E-state index is 11.8. The number of rotatable bonds is 10. The Bertz CT molecular complexity index is 443. The summed E-state index contributed by atoms with van der Waals surface area (Å²) in [6.07, 6.45) is 4.47. The summed E-state index contributed by atoms with van der Waals surface area (Å²) in [6.45, 7) is 3.18. The van der Waals surface area contributed by atoms with Gasteiger partial charge in [-0.15, -0.1) is 0 Å². The van der Waals surface area contributed by atoms with Crippen molar-refractivity contribution >= 4 is 11.8 Å². The van der Waals surface area contributed by atoms with Gasteiger partial charge in [0.05, 0.1) is 0 Å². The van der Waals surface area contributed by atoms with E-state index >= 15 is 0 Å². The summed E-state index contributed by atoms with van der Waals surface area (Å²) in [5.74, 6) is -0.210. The van der Waals surface area contributed by atoms with Crippen LogP contribution in [-0.2, 0) is 14.3 Å². The van der Waals surface area contributed by atoms with Gasteiger partial charge in [0.1, 0.15) is 11.6 Å². The van der Waals surface area contributed by atoms with Crippen LogP contribution in [0.5, 0.6) is 0 Å². The Morgan fingerprint density at radius 2 is 2.27 bits per heavy atom. The van der Waals surface area contributed by atoms with Crippen LogP contribution >= 0.6 is 0 Å². The fourth-order valence-corrected chi connectivity index (χ4v) is 2.15. The van der Waals surface area contributed by atoms with Crippen molar-refractivity contribution in [3.63, 3.8) is 0 Å². The van der Waals surface area contributed by atoms with Crippen LogP contribution in [0.15, 0.2) is 11.8 Å². The van der Waals surface area contributed by atoms with Crippen molar-refractivity contribution in [2.75, 3.05) is 39.9 Å². The normalized spacial score (nSPS) is 14.8. The molecule has 0 unspecified atom stereocenters. The number of ether oxygens (including phenoxy) is 1. The molecule has 22 heavy (non-hydrogen) atoms. The highest BCUT2D eigenvalue weighted by Crippen LogP contribution is 2.09. The zero-order chi connectivity index (χ0) is 16.2. The highest BCUT2D eigenvalue weighted by Gasteiger charge is 2.19. The van der Waals surface area contributed by atoms with Gasteiger partial charge in [0.15, 0.2) is 0 Å². The first-order valence-corrected chi connectivity index (χ1v) is 7.57. The maximum absolute atomic E-state index is 11.8. The summed E-state index contributed by atoms with van der Waals surface area (Å²) >= 11 is 0. The molecule has 7 nitrogen and oxygen atoms in total. The summed E-state index contributed by atoms with van der Waals surface area (Å²) in [4.78, 5) is 25.0. The first-order valence-electron chi connectivity index (χ1n) is 7.57. The lowest BCUT2D eigenvalue weighted by Crippen LogP contribution is -2.31. The van der Waals surface area contributed by atoms with Gasteiger partial charge in [0.25, 0.3) is 5.91 Å². The second-order valence-electron chi connectivity index (χ2n) is 5.06. The Morgan fingerprint density at radius 3 is 2.91 bits per heavy atom. The molecule has 7 heteroatoms. The zero-order valence-electron chi connectivity index (χ0n) is 13.1. The molecule has 2 N–H and O–H groups in total. The molecule has 1 aliphatic rings. The third-order valence-corrected chi connectivity index (χ3v) is 3.34. The average Bonchev–Trinajstić information content (AvgIpc) is 2.92. The molecule has 0 aromatic rings. The Morgan fingerprint density at radius 1 is 1.45 bits per heavy atom. The molecule has 1 fully saturated rings. The lowest BCUT2D eigenvalue weighted by Gasteiger charge is -2.15. The Labute approximate surface area is 131 Å². The molecule has 1 saturated heterocycles. The highest BCUT2D eigenvalue weighted by atomic mass is 16.5. The topological polar surface area (TPSA) is 94.5 Å². The van der Waals surface area contributed by atoms with Gasteiger partial charge in [-0.3, -0.25) is 9.59 Å². The van der Waals surface area contributed by atoms with Gasteiger partial charge in [-0.25, -0.2) is 0 Å². The third kappa shape index (κ3) is 6.59. The van der Waals surface area contributed by atoms with E-state index in [1.165, 1.54) is 6.20 Å². The van der Waals surface area contributed by atoms with Crippen molar-refractivity contribution in [1.82, 2.24) is 15.5 Å². The predicted molar refractivity (Wildman–Crippen MR) is 81.6 cm³/mol. The summed E-state index contributed by atoms with van der Waals surface area (Å²) in [5, 5.41) is 14.6. The molecule has 0 atom stereocenters. The minimum atomic E-state index is -0.394. The van der Waals surface area contributed by atoms with E-state index in [2.05, 4.69) is 10.6 Å². The zero-order valence-corrected chi connectivity index (χ0v) is 13.1.